The molecule has 8 heteroatoms. The Morgan fingerprint density at radius 1 is 0.914 bits per heavy atom. The van der Waals surface area contributed by atoms with E-state index in [1.807, 2.05) is 78.9 Å². The molecule has 0 bridgehead atoms. The lowest BCUT2D eigenvalue weighted by Crippen LogP contribution is -2.31. The number of aromatic amines is 2. The molecule has 176 valence electrons. The second kappa shape index (κ2) is 9.56. The third-order valence-electron chi connectivity index (χ3n) is 5.82. The highest BCUT2D eigenvalue weighted by Crippen LogP contribution is 2.39. The maximum atomic E-state index is 12.8. The largest absolute Gasteiger partial charge is 0.493 e. The molecule has 1 aromatic heterocycles. The number of anilines is 1. The van der Waals surface area contributed by atoms with Crippen molar-refractivity contribution in [3.63, 3.8) is 0 Å². The summed E-state index contributed by atoms with van der Waals surface area (Å²) < 4.78 is 11.6. The highest BCUT2D eigenvalue weighted by Gasteiger charge is 2.27. The van der Waals surface area contributed by atoms with Crippen LogP contribution in [0, 0.1) is 0 Å². The van der Waals surface area contributed by atoms with Crippen molar-refractivity contribution in [1.29, 1.82) is 0 Å². The molecular formula is C27H22ClN3O4. The van der Waals surface area contributed by atoms with Gasteiger partial charge in [-0.25, -0.2) is 4.79 Å². The molecule has 0 spiro atoms. The van der Waals surface area contributed by atoms with E-state index in [1.54, 1.807) is 7.11 Å². The zero-order valence-corrected chi connectivity index (χ0v) is 19.6. The molecule has 1 unspecified atom stereocenters. The van der Waals surface area contributed by atoms with Gasteiger partial charge in [-0.3, -0.25) is 14.8 Å². The number of benzene rings is 3. The third-order valence-corrected chi connectivity index (χ3v) is 6.07. The van der Waals surface area contributed by atoms with E-state index >= 15 is 0 Å². The van der Waals surface area contributed by atoms with Gasteiger partial charge in [0.1, 0.15) is 12.4 Å². The molecule has 3 aromatic carbocycles. The summed E-state index contributed by atoms with van der Waals surface area (Å²) in [5.41, 5.74) is 2.89. The second-order valence-electron chi connectivity index (χ2n) is 8.07. The first kappa shape index (κ1) is 22.6. The number of ether oxygens (including phenoxy) is 2. The lowest BCUT2D eigenvalue weighted by Gasteiger charge is -2.25. The van der Waals surface area contributed by atoms with E-state index in [9.17, 15) is 9.59 Å². The number of fused-ring (bicyclic) bond motifs is 1. The molecule has 35 heavy (non-hydrogen) atoms. The number of methoxy groups -OCH3 is 1. The number of hydrogen-bond acceptors (Lipinski definition) is 5. The fraction of sp³-hybridized carbons (Fsp3) is 0.111. The summed E-state index contributed by atoms with van der Waals surface area (Å²) in [4.78, 5) is 29.8. The van der Waals surface area contributed by atoms with Gasteiger partial charge in [0.05, 0.1) is 12.7 Å². The van der Waals surface area contributed by atoms with Crippen molar-refractivity contribution >= 4 is 23.1 Å². The van der Waals surface area contributed by atoms with E-state index in [4.69, 9.17) is 21.1 Å². The predicted molar refractivity (Wildman–Crippen MR) is 136 cm³/mol. The topological polar surface area (TPSA) is 96.2 Å². The van der Waals surface area contributed by atoms with Gasteiger partial charge in [0.15, 0.2) is 11.5 Å². The molecule has 0 radical (unpaired) electrons. The van der Waals surface area contributed by atoms with E-state index in [-0.39, 0.29) is 0 Å². The normalized spacial score (nSPS) is 14.5. The molecule has 0 amide bonds. The first-order chi connectivity index (χ1) is 17.0. The minimum absolute atomic E-state index is 0.349. The molecule has 1 aliphatic rings. The summed E-state index contributed by atoms with van der Waals surface area (Å²) in [5, 5.41) is 3.86. The molecule has 0 aliphatic carbocycles. The fourth-order valence-corrected chi connectivity index (χ4v) is 4.23. The number of rotatable bonds is 6. The van der Waals surface area contributed by atoms with Crippen molar-refractivity contribution in [3.05, 3.63) is 127 Å². The van der Waals surface area contributed by atoms with Crippen LogP contribution in [0.1, 0.15) is 28.2 Å². The van der Waals surface area contributed by atoms with Crippen molar-refractivity contribution in [2.75, 3.05) is 12.4 Å². The molecule has 0 fully saturated rings. The maximum absolute atomic E-state index is 12.8. The van der Waals surface area contributed by atoms with Gasteiger partial charge in [-0.2, -0.15) is 0 Å². The molecular weight excluding hydrogens is 466 g/mol. The van der Waals surface area contributed by atoms with Gasteiger partial charge in [-0.1, -0.05) is 60.1 Å². The second-order valence-corrected chi connectivity index (χ2v) is 8.51. The molecule has 0 saturated carbocycles. The Labute approximate surface area is 206 Å². The highest BCUT2D eigenvalue weighted by molar-refractivity contribution is 6.30. The summed E-state index contributed by atoms with van der Waals surface area (Å²) >= 11 is 5.96. The van der Waals surface area contributed by atoms with Gasteiger partial charge in [0.2, 0.25) is 0 Å². The minimum Gasteiger partial charge on any atom is -0.493 e. The molecule has 0 saturated heterocycles. The van der Waals surface area contributed by atoms with Crippen LogP contribution >= 0.6 is 11.6 Å². The van der Waals surface area contributed by atoms with Crippen molar-refractivity contribution in [2.45, 2.75) is 12.5 Å². The maximum Gasteiger partial charge on any atom is 0.327 e. The lowest BCUT2D eigenvalue weighted by atomic mass is 9.88. The highest BCUT2D eigenvalue weighted by atomic mass is 35.5. The van der Waals surface area contributed by atoms with Gasteiger partial charge >= 0.3 is 5.69 Å². The zero-order chi connectivity index (χ0) is 24.4. The van der Waals surface area contributed by atoms with E-state index in [0.717, 1.165) is 22.4 Å². The van der Waals surface area contributed by atoms with Crippen LogP contribution in [0.5, 0.6) is 11.5 Å². The van der Waals surface area contributed by atoms with Crippen LogP contribution in [0.4, 0.5) is 5.82 Å². The van der Waals surface area contributed by atoms with Crippen LogP contribution in [-0.4, -0.2) is 17.1 Å². The van der Waals surface area contributed by atoms with Crippen LogP contribution in [0.2, 0.25) is 5.02 Å². The van der Waals surface area contributed by atoms with Gasteiger partial charge in [0, 0.05) is 16.6 Å². The number of allylic oxidation sites excluding steroid dienone is 1. The third kappa shape index (κ3) is 4.72. The van der Waals surface area contributed by atoms with Crippen molar-refractivity contribution in [2.24, 2.45) is 0 Å². The minimum atomic E-state index is -0.571. The fourth-order valence-electron chi connectivity index (χ4n) is 4.11. The van der Waals surface area contributed by atoms with E-state index in [1.165, 1.54) is 0 Å². The summed E-state index contributed by atoms with van der Waals surface area (Å²) in [6.45, 7) is 0.349. The van der Waals surface area contributed by atoms with Gasteiger partial charge < -0.3 is 14.8 Å². The average Bonchev–Trinajstić information content (AvgIpc) is 2.88. The van der Waals surface area contributed by atoms with Crippen LogP contribution in [0.3, 0.4) is 0 Å². The number of halogens is 1. The van der Waals surface area contributed by atoms with E-state index in [0.29, 0.717) is 34.5 Å². The number of H-pyrrole nitrogens is 2. The summed E-state index contributed by atoms with van der Waals surface area (Å²) in [7, 11) is 1.57. The monoisotopic (exact) mass is 487 g/mol. The summed E-state index contributed by atoms with van der Waals surface area (Å²) in [6.07, 6.45) is 1.97. The van der Waals surface area contributed by atoms with Crippen molar-refractivity contribution in [3.8, 4) is 11.5 Å². The Bertz CT molecular complexity index is 1510. The average molecular weight is 488 g/mol. The number of aromatic nitrogens is 2. The molecule has 2 heterocycles. The van der Waals surface area contributed by atoms with E-state index < -0.39 is 17.2 Å². The Balaban J connectivity index is 1.53. The molecule has 1 atom stereocenters. The lowest BCUT2D eigenvalue weighted by molar-refractivity contribution is 0.284. The molecule has 1 aliphatic heterocycles. The van der Waals surface area contributed by atoms with Gasteiger partial charge in [-0.15, -0.1) is 0 Å². The zero-order valence-electron chi connectivity index (χ0n) is 18.8. The quantitative estimate of drug-likeness (QED) is 0.359. The first-order valence-electron chi connectivity index (χ1n) is 11.0. The molecule has 3 N–H and O–H groups in total. The Kier molecular flexibility index (Phi) is 6.16. The molecule has 4 aromatic rings. The van der Waals surface area contributed by atoms with Crippen LogP contribution in [0.15, 0.2) is 88.5 Å². The number of nitrogens with one attached hydrogen (secondary N) is 3. The van der Waals surface area contributed by atoms with Gasteiger partial charge in [0.25, 0.3) is 5.56 Å². The SMILES string of the molecule is COc1cc(C2C=C(c3ccccc3)Nc3[nH]c(=O)[nH]c(=O)c32)ccc1OCc1ccc(Cl)cc1. The molecule has 5 rings (SSSR count). The smallest absolute Gasteiger partial charge is 0.327 e. The van der Waals surface area contributed by atoms with Gasteiger partial charge in [-0.05, 0) is 47.0 Å². The Morgan fingerprint density at radius 3 is 2.43 bits per heavy atom. The standard InChI is InChI=1S/C27H22ClN3O4/c1-34-23-13-18(9-12-22(23)35-15-16-7-10-19(28)11-8-16)20-14-21(17-5-3-2-4-6-17)29-25-24(20)26(32)31-27(33)30-25/h2-14,20H,15H2,1H3,(H3,29,30,31,32,33). The summed E-state index contributed by atoms with van der Waals surface area (Å²) in [6, 6.07) is 22.7. The van der Waals surface area contributed by atoms with Crippen LogP contribution < -0.4 is 26.0 Å². The Hall–Kier alpha value is -4.23. The van der Waals surface area contributed by atoms with Crippen molar-refractivity contribution in [1.82, 2.24) is 9.97 Å². The summed E-state index contributed by atoms with van der Waals surface area (Å²) in [5.74, 6) is 1.04. The van der Waals surface area contributed by atoms with Crippen LogP contribution in [0.25, 0.3) is 5.70 Å². The first-order valence-corrected chi connectivity index (χ1v) is 11.4. The number of hydrogen-bond donors (Lipinski definition) is 3. The van der Waals surface area contributed by atoms with Crippen LogP contribution in [-0.2, 0) is 6.61 Å². The van der Waals surface area contributed by atoms with Crippen molar-refractivity contribution < 1.29 is 9.47 Å². The molecule has 7 nitrogen and oxygen atoms in total. The Morgan fingerprint density at radius 2 is 1.69 bits per heavy atom. The van der Waals surface area contributed by atoms with E-state index in [2.05, 4.69) is 15.3 Å². The predicted octanol–water partition coefficient (Wildman–Crippen LogP) is 4.90.